The average Bonchev–Trinajstić information content (AvgIpc) is 2.20. The molecule has 4 nitrogen and oxygen atoms in total. The average molecular weight is 230 g/mol. The number of nitrogens with two attached hydrogens (primary N) is 1. The van der Waals surface area contributed by atoms with E-state index in [1.54, 1.807) is 25.1 Å². The summed E-state index contributed by atoms with van der Waals surface area (Å²) in [6.07, 6.45) is 0. The van der Waals surface area contributed by atoms with Gasteiger partial charge in [-0.05, 0) is 19.1 Å². The molecule has 0 saturated carbocycles. The third kappa shape index (κ3) is 3.67. The van der Waals surface area contributed by atoms with Gasteiger partial charge in [0.2, 0.25) is 0 Å². The van der Waals surface area contributed by atoms with E-state index in [0.717, 1.165) is 0 Å². The summed E-state index contributed by atoms with van der Waals surface area (Å²) >= 11 is 5.72. The molecule has 0 radical (unpaired) electrons. The lowest BCUT2D eigenvalue weighted by molar-refractivity contribution is -0.145. The zero-order valence-electron chi connectivity index (χ0n) is 8.33. The molecule has 1 aromatic rings. The number of hydrogen-bond acceptors (Lipinski definition) is 4. The van der Waals surface area contributed by atoms with Crippen LogP contribution in [0.25, 0.3) is 0 Å². The van der Waals surface area contributed by atoms with Crippen molar-refractivity contribution >= 4 is 23.3 Å². The molecule has 0 aromatic heterocycles. The zero-order valence-corrected chi connectivity index (χ0v) is 9.08. The fraction of sp³-hybridized carbons (Fsp3) is 0.300. The Morgan fingerprint density at radius 1 is 1.53 bits per heavy atom. The highest BCUT2D eigenvalue weighted by molar-refractivity contribution is 6.33. The van der Waals surface area contributed by atoms with Crippen molar-refractivity contribution in [3.63, 3.8) is 0 Å². The predicted octanol–water partition coefficient (Wildman–Crippen LogP) is 1.86. The third-order valence-electron chi connectivity index (χ3n) is 1.63. The van der Waals surface area contributed by atoms with E-state index in [0.29, 0.717) is 23.1 Å². The summed E-state index contributed by atoms with van der Waals surface area (Å²) < 4.78 is 9.84. The molecule has 0 aliphatic carbocycles. The SMILES string of the molecule is CCOC(=O)COc1ccc(Cl)c(N)c1. The van der Waals surface area contributed by atoms with Gasteiger partial charge in [0.15, 0.2) is 6.61 Å². The van der Waals surface area contributed by atoms with E-state index >= 15 is 0 Å². The molecule has 0 spiro atoms. The van der Waals surface area contributed by atoms with E-state index < -0.39 is 5.97 Å². The number of anilines is 1. The van der Waals surface area contributed by atoms with Crippen molar-refractivity contribution in [1.82, 2.24) is 0 Å². The van der Waals surface area contributed by atoms with Gasteiger partial charge in [0.1, 0.15) is 5.75 Å². The topological polar surface area (TPSA) is 61.5 Å². The van der Waals surface area contributed by atoms with Crippen molar-refractivity contribution in [2.75, 3.05) is 18.9 Å². The first-order valence-electron chi connectivity index (χ1n) is 4.47. The summed E-state index contributed by atoms with van der Waals surface area (Å²) in [5.74, 6) is 0.0796. The third-order valence-corrected chi connectivity index (χ3v) is 1.97. The maximum atomic E-state index is 11.0. The van der Waals surface area contributed by atoms with Gasteiger partial charge in [-0.1, -0.05) is 11.6 Å². The molecule has 2 N–H and O–H groups in total. The second-order valence-corrected chi connectivity index (χ2v) is 3.18. The van der Waals surface area contributed by atoms with Crippen LogP contribution in [0.5, 0.6) is 5.75 Å². The molecule has 0 saturated heterocycles. The number of ether oxygens (including phenoxy) is 2. The summed E-state index contributed by atoms with van der Waals surface area (Å²) in [6.45, 7) is 1.94. The molecule has 0 unspecified atom stereocenters. The number of carbonyl (C=O) groups excluding carboxylic acids is 1. The Morgan fingerprint density at radius 2 is 2.27 bits per heavy atom. The second kappa shape index (κ2) is 5.46. The molecule has 0 aliphatic rings. The number of halogens is 1. The number of hydrogen-bond donors (Lipinski definition) is 1. The Kier molecular flexibility index (Phi) is 4.24. The molecular formula is C10H12ClNO3. The lowest BCUT2D eigenvalue weighted by atomic mass is 10.3. The van der Waals surface area contributed by atoms with Gasteiger partial charge in [-0.3, -0.25) is 0 Å². The quantitative estimate of drug-likeness (QED) is 0.633. The van der Waals surface area contributed by atoms with Gasteiger partial charge in [-0.25, -0.2) is 4.79 Å². The lowest BCUT2D eigenvalue weighted by Gasteiger charge is -2.06. The number of rotatable bonds is 4. The van der Waals surface area contributed by atoms with Gasteiger partial charge in [0.05, 0.1) is 17.3 Å². The molecule has 0 fully saturated rings. The van der Waals surface area contributed by atoms with Gasteiger partial charge < -0.3 is 15.2 Å². The van der Waals surface area contributed by atoms with Crippen LogP contribution in [-0.2, 0) is 9.53 Å². The maximum Gasteiger partial charge on any atom is 0.344 e. The Labute approximate surface area is 92.9 Å². The maximum absolute atomic E-state index is 11.0. The van der Waals surface area contributed by atoms with Gasteiger partial charge in [0, 0.05) is 6.07 Å². The fourth-order valence-corrected chi connectivity index (χ4v) is 1.07. The molecule has 5 heteroatoms. The van der Waals surface area contributed by atoms with Crippen LogP contribution in [0.1, 0.15) is 6.92 Å². The van der Waals surface area contributed by atoms with Crippen LogP contribution in [0.15, 0.2) is 18.2 Å². The molecule has 0 heterocycles. The smallest absolute Gasteiger partial charge is 0.344 e. The summed E-state index contributed by atoms with van der Waals surface area (Å²) in [5, 5.41) is 0.457. The van der Waals surface area contributed by atoms with Crippen molar-refractivity contribution in [2.24, 2.45) is 0 Å². The highest BCUT2D eigenvalue weighted by Gasteiger charge is 2.04. The van der Waals surface area contributed by atoms with Crippen LogP contribution in [-0.4, -0.2) is 19.2 Å². The molecule has 1 rings (SSSR count). The summed E-state index contributed by atoms with van der Waals surface area (Å²) in [7, 11) is 0. The van der Waals surface area contributed by atoms with Crippen molar-refractivity contribution in [2.45, 2.75) is 6.92 Å². The minimum absolute atomic E-state index is 0.130. The van der Waals surface area contributed by atoms with E-state index in [-0.39, 0.29) is 6.61 Å². The van der Waals surface area contributed by atoms with Gasteiger partial charge in [-0.2, -0.15) is 0 Å². The first kappa shape index (κ1) is 11.7. The van der Waals surface area contributed by atoms with Crippen molar-refractivity contribution < 1.29 is 14.3 Å². The Morgan fingerprint density at radius 3 is 2.87 bits per heavy atom. The number of carbonyl (C=O) groups is 1. The van der Waals surface area contributed by atoms with Crippen LogP contribution >= 0.6 is 11.6 Å². The van der Waals surface area contributed by atoms with Gasteiger partial charge in [-0.15, -0.1) is 0 Å². The first-order chi connectivity index (χ1) is 7.13. The summed E-state index contributed by atoms with van der Waals surface area (Å²) in [5.41, 5.74) is 5.97. The highest BCUT2D eigenvalue weighted by Crippen LogP contribution is 2.23. The van der Waals surface area contributed by atoms with Crippen LogP contribution in [0.4, 0.5) is 5.69 Å². The zero-order chi connectivity index (χ0) is 11.3. The lowest BCUT2D eigenvalue weighted by Crippen LogP contribution is -2.14. The summed E-state index contributed by atoms with van der Waals surface area (Å²) in [4.78, 5) is 11.0. The van der Waals surface area contributed by atoms with Gasteiger partial charge >= 0.3 is 5.97 Å². The number of benzene rings is 1. The normalized spacial score (nSPS) is 9.73. The van der Waals surface area contributed by atoms with E-state index in [4.69, 9.17) is 26.8 Å². The van der Waals surface area contributed by atoms with Crippen LogP contribution < -0.4 is 10.5 Å². The van der Waals surface area contributed by atoms with Gasteiger partial charge in [0.25, 0.3) is 0 Å². The monoisotopic (exact) mass is 229 g/mol. The van der Waals surface area contributed by atoms with Crippen molar-refractivity contribution in [3.8, 4) is 5.75 Å². The minimum Gasteiger partial charge on any atom is -0.482 e. The second-order valence-electron chi connectivity index (χ2n) is 2.78. The van der Waals surface area contributed by atoms with Crippen LogP contribution in [0.2, 0.25) is 5.02 Å². The molecule has 82 valence electrons. The van der Waals surface area contributed by atoms with Crippen LogP contribution in [0.3, 0.4) is 0 Å². The van der Waals surface area contributed by atoms with Crippen molar-refractivity contribution in [3.05, 3.63) is 23.2 Å². The largest absolute Gasteiger partial charge is 0.482 e. The molecule has 0 aliphatic heterocycles. The Bertz CT molecular complexity index is 355. The van der Waals surface area contributed by atoms with Crippen LogP contribution in [0, 0.1) is 0 Å². The Balaban J connectivity index is 2.51. The molecule has 0 atom stereocenters. The first-order valence-corrected chi connectivity index (χ1v) is 4.84. The van der Waals surface area contributed by atoms with Crippen molar-refractivity contribution in [1.29, 1.82) is 0 Å². The minimum atomic E-state index is -0.411. The number of nitrogen functional groups attached to an aromatic ring is 1. The fourth-order valence-electron chi connectivity index (χ4n) is 0.957. The van der Waals surface area contributed by atoms with E-state index in [1.807, 2.05) is 0 Å². The molecule has 15 heavy (non-hydrogen) atoms. The molecule has 0 bridgehead atoms. The predicted molar refractivity (Wildman–Crippen MR) is 58.0 cm³/mol. The molecule has 1 aromatic carbocycles. The van der Waals surface area contributed by atoms with E-state index in [1.165, 1.54) is 0 Å². The highest BCUT2D eigenvalue weighted by atomic mass is 35.5. The molecule has 0 amide bonds. The standard InChI is InChI=1S/C10H12ClNO3/c1-2-14-10(13)6-15-7-3-4-8(11)9(12)5-7/h3-5H,2,6,12H2,1H3. The molecular weight excluding hydrogens is 218 g/mol. The van der Waals surface area contributed by atoms with E-state index in [9.17, 15) is 4.79 Å². The summed E-state index contributed by atoms with van der Waals surface area (Å²) in [6, 6.07) is 4.80. The van der Waals surface area contributed by atoms with E-state index in [2.05, 4.69) is 0 Å². The number of esters is 1. The Hall–Kier alpha value is -1.42.